The molecule has 1 atom stereocenters. The van der Waals surface area contributed by atoms with Crippen molar-refractivity contribution in [3.63, 3.8) is 0 Å². The first-order valence-corrected chi connectivity index (χ1v) is 8.74. The highest BCUT2D eigenvalue weighted by molar-refractivity contribution is 5.84. The number of piperidine rings is 1. The largest absolute Gasteiger partial charge is 0.365 e. The van der Waals surface area contributed by atoms with E-state index >= 15 is 0 Å². The third-order valence-corrected chi connectivity index (χ3v) is 5.71. The van der Waals surface area contributed by atoms with E-state index in [0.717, 1.165) is 58.3 Å². The number of amides is 1. The number of rotatable bonds is 5. The summed E-state index contributed by atoms with van der Waals surface area (Å²) in [5, 5.41) is 3.19. The lowest BCUT2D eigenvalue weighted by atomic mass is 9.85. The Morgan fingerprint density at radius 3 is 2.41 bits per heavy atom. The zero-order valence-corrected chi connectivity index (χ0v) is 14.8. The molecule has 0 saturated carbocycles. The molecule has 0 aliphatic carbocycles. The molecule has 22 heavy (non-hydrogen) atoms. The summed E-state index contributed by atoms with van der Waals surface area (Å²) >= 11 is 0. The molecule has 0 aromatic heterocycles. The van der Waals surface area contributed by atoms with Gasteiger partial charge in [0.05, 0.1) is 0 Å². The maximum atomic E-state index is 12.6. The molecule has 5 nitrogen and oxygen atoms in total. The predicted octanol–water partition coefficient (Wildman–Crippen LogP) is 1.48. The first-order valence-electron chi connectivity index (χ1n) is 8.74. The van der Waals surface area contributed by atoms with Crippen molar-refractivity contribution in [3.8, 4) is 0 Å². The van der Waals surface area contributed by atoms with Crippen LogP contribution in [-0.2, 0) is 9.53 Å². The number of likely N-dealkylation sites (N-methyl/N-ethyl adjacent to an activating group) is 1. The standard InChI is InChI=1S/C17H33N3O2/c1-5-20-11-9-17(10-12-20,19(3)4)14-18-15(21)16(2)8-6-7-13-22-16/h5-14H2,1-4H3,(H,18,21)/t16-/m0/s1. The van der Waals surface area contributed by atoms with Crippen LogP contribution in [0.1, 0.15) is 46.0 Å². The van der Waals surface area contributed by atoms with Crippen LogP contribution in [-0.4, -0.2) is 73.7 Å². The summed E-state index contributed by atoms with van der Waals surface area (Å²) in [6, 6.07) is 0. The van der Waals surface area contributed by atoms with Crippen LogP contribution in [0, 0.1) is 0 Å². The van der Waals surface area contributed by atoms with Crippen LogP contribution in [0.15, 0.2) is 0 Å². The van der Waals surface area contributed by atoms with Crippen LogP contribution < -0.4 is 5.32 Å². The van der Waals surface area contributed by atoms with Crippen molar-refractivity contribution in [2.45, 2.75) is 57.1 Å². The molecule has 2 aliphatic rings. The molecule has 2 heterocycles. The van der Waals surface area contributed by atoms with Crippen molar-refractivity contribution in [3.05, 3.63) is 0 Å². The Hall–Kier alpha value is -0.650. The van der Waals surface area contributed by atoms with Gasteiger partial charge in [0.25, 0.3) is 5.91 Å². The Bertz CT molecular complexity index is 370. The number of hydrogen-bond donors (Lipinski definition) is 1. The van der Waals surface area contributed by atoms with Gasteiger partial charge in [-0.2, -0.15) is 0 Å². The van der Waals surface area contributed by atoms with E-state index in [1.807, 2.05) is 6.92 Å². The van der Waals surface area contributed by atoms with Gasteiger partial charge in [-0.3, -0.25) is 4.79 Å². The second-order valence-corrected chi connectivity index (χ2v) is 7.27. The average Bonchev–Trinajstić information content (AvgIpc) is 2.53. The van der Waals surface area contributed by atoms with Gasteiger partial charge in [0.1, 0.15) is 5.60 Å². The number of nitrogens with one attached hydrogen (secondary N) is 1. The monoisotopic (exact) mass is 311 g/mol. The van der Waals surface area contributed by atoms with Crippen molar-refractivity contribution in [2.24, 2.45) is 0 Å². The van der Waals surface area contributed by atoms with E-state index in [2.05, 4.69) is 36.1 Å². The molecule has 0 radical (unpaired) electrons. The smallest absolute Gasteiger partial charge is 0.252 e. The fourth-order valence-corrected chi connectivity index (χ4v) is 3.61. The predicted molar refractivity (Wildman–Crippen MR) is 89.0 cm³/mol. The average molecular weight is 311 g/mol. The van der Waals surface area contributed by atoms with Gasteiger partial charge in [-0.05, 0) is 72.8 Å². The molecule has 5 heteroatoms. The Balaban J connectivity index is 1.93. The molecule has 2 aliphatic heterocycles. The summed E-state index contributed by atoms with van der Waals surface area (Å²) < 4.78 is 5.76. The molecule has 0 spiro atoms. The number of hydrogen-bond acceptors (Lipinski definition) is 4. The lowest BCUT2D eigenvalue weighted by Crippen LogP contribution is -2.60. The molecule has 1 amide bonds. The fourth-order valence-electron chi connectivity index (χ4n) is 3.61. The van der Waals surface area contributed by atoms with E-state index in [1.165, 1.54) is 0 Å². The summed E-state index contributed by atoms with van der Waals surface area (Å²) in [5.41, 5.74) is -0.553. The summed E-state index contributed by atoms with van der Waals surface area (Å²) in [7, 11) is 4.26. The van der Waals surface area contributed by atoms with Gasteiger partial charge in [0.15, 0.2) is 0 Å². The Morgan fingerprint density at radius 1 is 1.23 bits per heavy atom. The van der Waals surface area contributed by atoms with Gasteiger partial charge in [0, 0.05) is 18.7 Å². The van der Waals surface area contributed by atoms with Crippen molar-refractivity contribution in [1.29, 1.82) is 0 Å². The SMILES string of the molecule is CCN1CCC(CNC(=O)[C@]2(C)CCCCO2)(N(C)C)CC1. The lowest BCUT2D eigenvalue weighted by molar-refractivity contribution is -0.151. The Labute approximate surface area is 135 Å². The Morgan fingerprint density at radius 2 is 1.91 bits per heavy atom. The van der Waals surface area contributed by atoms with E-state index < -0.39 is 5.60 Å². The molecule has 128 valence electrons. The number of likely N-dealkylation sites (tertiary alicyclic amines) is 1. The van der Waals surface area contributed by atoms with E-state index in [1.54, 1.807) is 0 Å². The molecule has 0 unspecified atom stereocenters. The van der Waals surface area contributed by atoms with Crippen molar-refractivity contribution >= 4 is 5.91 Å². The van der Waals surface area contributed by atoms with Gasteiger partial charge in [-0.1, -0.05) is 6.92 Å². The number of carbonyl (C=O) groups is 1. The number of ether oxygens (including phenoxy) is 1. The van der Waals surface area contributed by atoms with E-state index in [4.69, 9.17) is 4.74 Å². The lowest BCUT2D eigenvalue weighted by Gasteiger charge is -2.46. The van der Waals surface area contributed by atoms with Crippen LogP contribution in [0.5, 0.6) is 0 Å². The summed E-state index contributed by atoms with van der Waals surface area (Å²) in [6.45, 7) is 8.90. The van der Waals surface area contributed by atoms with Crippen LogP contribution >= 0.6 is 0 Å². The topological polar surface area (TPSA) is 44.8 Å². The van der Waals surface area contributed by atoms with Crippen LogP contribution in [0.25, 0.3) is 0 Å². The summed E-state index contributed by atoms with van der Waals surface area (Å²) in [6.07, 6.45) is 5.18. The second-order valence-electron chi connectivity index (χ2n) is 7.27. The van der Waals surface area contributed by atoms with Crippen molar-refractivity contribution in [2.75, 3.05) is 46.9 Å². The minimum Gasteiger partial charge on any atom is -0.365 e. The highest BCUT2D eigenvalue weighted by atomic mass is 16.5. The van der Waals surface area contributed by atoms with Crippen molar-refractivity contribution in [1.82, 2.24) is 15.1 Å². The quantitative estimate of drug-likeness (QED) is 0.835. The zero-order valence-electron chi connectivity index (χ0n) is 14.8. The Kier molecular flexibility index (Phi) is 5.86. The normalized spacial score (nSPS) is 29.5. The maximum Gasteiger partial charge on any atom is 0.252 e. The van der Waals surface area contributed by atoms with E-state index in [9.17, 15) is 4.79 Å². The molecule has 2 saturated heterocycles. The van der Waals surface area contributed by atoms with Gasteiger partial charge >= 0.3 is 0 Å². The summed E-state index contributed by atoms with van der Waals surface area (Å²) in [4.78, 5) is 17.4. The number of nitrogens with zero attached hydrogens (tertiary/aromatic N) is 2. The minimum atomic E-state index is -0.629. The van der Waals surface area contributed by atoms with E-state index in [-0.39, 0.29) is 11.4 Å². The maximum absolute atomic E-state index is 12.6. The molecular weight excluding hydrogens is 278 g/mol. The van der Waals surface area contributed by atoms with Gasteiger partial charge < -0.3 is 19.9 Å². The van der Waals surface area contributed by atoms with Gasteiger partial charge in [0.2, 0.25) is 0 Å². The third-order valence-electron chi connectivity index (χ3n) is 5.71. The molecule has 0 bridgehead atoms. The minimum absolute atomic E-state index is 0.0614. The molecule has 2 rings (SSSR count). The number of carbonyl (C=O) groups excluding carboxylic acids is 1. The third kappa shape index (κ3) is 3.81. The van der Waals surface area contributed by atoms with Gasteiger partial charge in [-0.25, -0.2) is 0 Å². The first-order chi connectivity index (χ1) is 10.4. The fraction of sp³-hybridized carbons (Fsp3) is 0.941. The van der Waals surface area contributed by atoms with Crippen LogP contribution in [0.2, 0.25) is 0 Å². The second kappa shape index (κ2) is 7.28. The van der Waals surface area contributed by atoms with Gasteiger partial charge in [-0.15, -0.1) is 0 Å². The van der Waals surface area contributed by atoms with Crippen molar-refractivity contribution < 1.29 is 9.53 Å². The highest BCUT2D eigenvalue weighted by Gasteiger charge is 2.40. The highest BCUT2D eigenvalue weighted by Crippen LogP contribution is 2.28. The molecule has 0 aromatic rings. The zero-order chi connectivity index (χ0) is 16.2. The van der Waals surface area contributed by atoms with E-state index in [0.29, 0.717) is 6.61 Å². The van der Waals surface area contributed by atoms with Crippen LogP contribution in [0.4, 0.5) is 0 Å². The molecular formula is C17H33N3O2. The summed E-state index contributed by atoms with van der Waals surface area (Å²) in [5.74, 6) is 0.0614. The molecule has 0 aromatic carbocycles. The van der Waals surface area contributed by atoms with Crippen LogP contribution in [0.3, 0.4) is 0 Å². The molecule has 1 N–H and O–H groups in total. The molecule has 2 fully saturated rings. The first kappa shape index (κ1) is 17.7.